The lowest BCUT2D eigenvalue weighted by atomic mass is 9.95. The number of aryl methyl sites for hydroxylation is 1. The van der Waals surface area contributed by atoms with E-state index < -0.39 is 0 Å². The normalized spacial score (nSPS) is 12.4. The first kappa shape index (κ1) is 36.7. The van der Waals surface area contributed by atoms with Crippen LogP contribution in [-0.4, -0.2) is 4.57 Å². The van der Waals surface area contributed by atoms with Crippen molar-refractivity contribution in [2.75, 3.05) is 4.90 Å². The second-order valence-corrected chi connectivity index (χ2v) is 16.4. The Labute approximate surface area is 367 Å². The van der Waals surface area contributed by atoms with Crippen LogP contribution in [0.4, 0.5) is 17.1 Å². The molecule has 0 fully saturated rings. The number of anilines is 3. The molecule has 0 spiro atoms. The van der Waals surface area contributed by atoms with Crippen LogP contribution in [0.25, 0.3) is 89.1 Å². The number of rotatable bonds is 8. The first-order valence-corrected chi connectivity index (χ1v) is 21.8. The highest BCUT2D eigenvalue weighted by Gasteiger charge is 2.22. The molecule has 11 aromatic rings. The Hall–Kier alpha value is -8.14. The molecule has 3 heteroatoms. The number of para-hydroxylation sites is 2. The van der Waals surface area contributed by atoms with E-state index in [-0.39, 0.29) is 0 Å². The number of allylic oxidation sites excluding steroid dienone is 1. The summed E-state index contributed by atoms with van der Waals surface area (Å²) in [6.45, 7) is 0. The number of furan rings is 1. The second-order valence-electron chi connectivity index (χ2n) is 16.4. The fraction of sp³-hybridized carbons (Fsp3) is 0.0333. The van der Waals surface area contributed by atoms with Crippen molar-refractivity contribution in [3.63, 3.8) is 0 Å². The third-order valence-electron chi connectivity index (χ3n) is 12.7. The molecule has 0 aliphatic heterocycles. The van der Waals surface area contributed by atoms with Crippen LogP contribution in [0.2, 0.25) is 0 Å². The lowest BCUT2D eigenvalue weighted by Crippen LogP contribution is -2.10. The van der Waals surface area contributed by atoms with Crippen LogP contribution < -0.4 is 4.90 Å². The Bertz CT molecular complexity index is 3350. The first-order valence-electron chi connectivity index (χ1n) is 21.8. The van der Waals surface area contributed by atoms with Crippen LogP contribution >= 0.6 is 0 Å². The van der Waals surface area contributed by atoms with Gasteiger partial charge in [0.25, 0.3) is 0 Å². The Balaban J connectivity index is 0.904. The number of aromatic nitrogens is 1. The standard InChI is InChI=1S/C60H42N2O/c1-3-13-41(14-4-1)43-25-30-49(31-26-43)61(50-32-27-44(28-33-50)42-15-5-2-6-16-42)51-20-12-19-47(38-51)45-17-11-18-46(37-45)48-29-35-59-55(39-48)56-40-52(34-36-60(56)63-59)62-57-23-9-7-21-53(57)54-22-8-10-24-58(54)62/h1-33,35,37-40H,34,36H2. The molecule has 0 atom stereocenters. The monoisotopic (exact) mass is 806 g/mol. The van der Waals surface area contributed by atoms with Crippen molar-refractivity contribution in [1.29, 1.82) is 0 Å². The summed E-state index contributed by atoms with van der Waals surface area (Å²) in [5.74, 6) is 1.06. The van der Waals surface area contributed by atoms with E-state index in [1.165, 1.54) is 66.4 Å². The van der Waals surface area contributed by atoms with Crippen molar-refractivity contribution in [2.24, 2.45) is 0 Å². The highest BCUT2D eigenvalue weighted by atomic mass is 16.3. The highest BCUT2D eigenvalue weighted by Crippen LogP contribution is 2.42. The van der Waals surface area contributed by atoms with Gasteiger partial charge >= 0.3 is 0 Å². The van der Waals surface area contributed by atoms with Crippen LogP contribution in [0, 0.1) is 0 Å². The van der Waals surface area contributed by atoms with Gasteiger partial charge in [0.05, 0.1) is 11.0 Å². The maximum Gasteiger partial charge on any atom is 0.134 e. The molecule has 0 saturated carbocycles. The molecule has 12 rings (SSSR count). The molecule has 1 aliphatic rings. The third kappa shape index (κ3) is 6.63. The van der Waals surface area contributed by atoms with Crippen LogP contribution in [0.3, 0.4) is 0 Å². The quantitative estimate of drug-likeness (QED) is 0.153. The highest BCUT2D eigenvalue weighted by molar-refractivity contribution is 6.11. The van der Waals surface area contributed by atoms with Gasteiger partial charge < -0.3 is 13.9 Å². The van der Waals surface area contributed by atoms with Gasteiger partial charge in [-0.05, 0) is 124 Å². The van der Waals surface area contributed by atoms with Gasteiger partial charge in [-0.2, -0.15) is 0 Å². The summed E-state index contributed by atoms with van der Waals surface area (Å²) in [6.07, 6.45) is 4.15. The second kappa shape index (κ2) is 15.4. The molecule has 63 heavy (non-hydrogen) atoms. The van der Waals surface area contributed by atoms with Crippen LogP contribution in [0.5, 0.6) is 0 Å². The van der Waals surface area contributed by atoms with Crippen molar-refractivity contribution in [2.45, 2.75) is 12.8 Å². The minimum Gasteiger partial charge on any atom is -0.460 e. The predicted octanol–water partition coefficient (Wildman–Crippen LogP) is 16.6. The van der Waals surface area contributed by atoms with E-state index in [1.54, 1.807) is 0 Å². The van der Waals surface area contributed by atoms with Crippen molar-refractivity contribution in [1.82, 2.24) is 4.57 Å². The minimum atomic E-state index is 0.864. The maximum absolute atomic E-state index is 6.52. The van der Waals surface area contributed by atoms with Gasteiger partial charge in [-0.1, -0.05) is 158 Å². The SMILES string of the molecule is C1=C(n2c3ccccc3c3ccccc32)CCc2oc3ccc(-c4cccc(-c5cccc(N(c6ccc(-c7ccccc7)cc6)c6ccc(-c7ccccc7)cc6)c5)c4)cc3c21. The largest absolute Gasteiger partial charge is 0.460 e. The van der Waals surface area contributed by atoms with Gasteiger partial charge in [-0.3, -0.25) is 0 Å². The van der Waals surface area contributed by atoms with Gasteiger partial charge in [-0.15, -0.1) is 0 Å². The number of benzene rings is 9. The summed E-state index contributed by atoms with van der Waals surface area (Å²) < 4.78 is 8.98. The first-order chi connectivity index (χ1) is 31.2. The summed E-state index contributed by atoms with van der Waals surface area (Å²) in [5, 5.41) is 3.72. The van der Waals surface area contributed by atoms with Crippen molar-refractivity contribution >= 4 is 61.6 Å². The van der Waals surface area contributed by atoms with E-state index in [2.05, 4.69) is 240 Å². The molecular formula is C60H42N2O. The summed E-state index contributed by atoms with van der Waals surface area (Å²) in [4.78, 5) is 2.36. The van der Waals surface area contributed by atoms with Crippen LogP contribution in [0.15, 0.2) is 229 Å². The summed E-state index contributed by atoms with van der Waals surface area (Å²) in [5.41, 5.74) is 18.6. The van der Waals surface area contributed by atoms with Gasteiger partial charge in [0.2, 0.25) is 0 Å². The molecule has 3 nitrogen and oxygen atoms in total. The van der Waals surface area contributed by atoms with Gasteiger partial charge in [0, 0.05) is 50.9 Å². The van der Waals surface area contributed by atoms with E-state index in [0.717, 1.165) is 57.8 Å². The molecule has 0 radical (unpaired) electrons. The Morgan fingerprint density at radius 2 is 0.825 bits per heavy atom. The Morgan fingerprint density at radius 3 is 1.43 bits per heavy atom. The Morgan fingerprint density at radius 1 is 0.349 bits per heavy atom. The Kier molecular flexibility index (Phi) is 8.97. The summed E-state index contributed by atoms with van der Waals surface area (Å²) in [6, 6.07) is 80.9. The lowest BCUT2D eigenvalue weighted by molar-refractivity contribution is 0.546. The zero-order valence-electron chi connectivity index (χ0n) is 34.7. The molecule has 0 N–H and O–H groups in total. The third-order valence-corrected chi connectivity index (χ3v) is 12.7. The zero-order chi connectivity index (χ0) is 41.7. The maximum atomic E-state index is 6.52. The molecular weight excluding hydrogens is 765 g/mol. The molecule has 0 amide bonds. The fourth-order valence-electron chi connectivity index (χ4n) is 9.60. The van der Waals surface area contributed by atoms with Crippen LogP contribution in [-0.2, 0) is 6.42 Å². The average molecular weight is 807 g/mol. The molecule has 1 aliphatic carbocycles. The fourth-order valence-corrected chi connectivity index (χ4v) is 9.60. The topological polar surface area (TPSA) is 21.3 Å². The molecule has 0 unspecified atom stereocenters. The predicted molar refractivity (Wildman–Crippen MR) is 265 cm³/mol. The van der Waals surface area contributed by atoms with E-state index in [0.29, 0.717) is 0 Å². The van der Waals surface area contributed by atoms with Crippen molar-refractivity contribution in [3.8, 4) is 44.5 Å². The van der Waals surface area contributed by atoms with Gasteiger partial charge in [0.15, 0.2) is 0 Å². The average Bonchev–Trinajstić information content (AvgIpc) is 3.90. The number of fused-ring (bicyclic) bond motifs is 6. The molecule has 0 bridgehead atoms. The number of hydrogen-bond acceptors (Lipinski definition) is 2. The molecule has 2 aromatic heterocycles. The molecule has 298 valence electrons. The lowest BCUT2D eigenvalue weighted by Gasteiger charge is -2.26. The van der Waals surface area contributed by atoms with Gasteiger partial charge in [0.1, 0.15) is 11.3 Å². The van der Waals surface area contributed by atoms with Crippen molar-refractivity contribution in [3.05, 3.63) is 236 Å². The van der Waals surface area contributed by atoms with E-state index in [4.69, 9.17) is 4.42 Å². The van der Waals surface area contributed by atoms with E-state index >= 15 is 0 Å². The number of hydrogen-bond donors (Lipinski definition) is 0. The summed E-state index contributed by atoms with van der Waals surface area (Å²) >= 11 is 0. The van der Waals surface area contributed by atoms with E-state index in [9.17, 15) is 0 Å². The van der Waals surface area contributed by atoms with Crippen LogP contribution in [0.1, 0.15) is 17.7 Å². The molecule has 2 heterocycles. The van der Waals surface area contributed by atoms with E-state index in [1.807, 2.05) is 0 Å². The smallest absolute Gasteiger partial charge is 0.134 e. The van der Waals surface area contributed by atoms with Gasteiger partial charge in [-0.25, -0.2) is 0 Å². The minimum absolute atomic E-state index is 0.864. The molecule has 9 aromatic carbocycles. The number of nitrogens with zero attached hydrogens (tertiary/aromatic N) is 2. The van der Waals surface area contributed by atoms with Crippen molar-refractivity contribution < 1.29 is 4.42 Å². The zero-order valence-corrected chi connectivity index (χ0v) is 34.7. The molecule has 0 saturated heterocycles. The summed E-state index contributed by atoms with van der Waals surface area (Å²) in [7, 11) is 0.